The molecular formula is C24H31N3O5S2. The third kappa shape index (κ3) is 5.35. The number of hydrogen-bond acceptors (Lipinski definition) is 5. The molecule has 10 heteroatoms. The first-order chi connectivity index (χ1) is 16.1. The summed E-state index contributed by atoms with van der Waals surface area (Å²) in [7, 11) is -6.79. The monoisotopic (exact) mass is 505 g/mol. The molecule has 0 spiro atoms. The largest absolute Gasteiger partial charge is 0.348 e. The van der Waals surface area contributed by atoms with Gasteiger partial charge in [0.15, 0.2) is 0 Å². The summed E-state index contributed by atoms with van der Waals surface area (Å²) >= 11 is 0. The molecule has 1 unspecified atom stereocenters. The predicted molar refractivity (Wildman–Crippen MR) is 131 cm³/mol. The van der Waals surface area contributed by atoms with E-state index in [0.717, 1.165) is 17.5 Å². The molecule has 34 heavy (non-hydrogen) atoms. The molecule has 0 aromatic heterocycles. The predicted octanol–water partition coefficient (Wildman–Crippen LogP) is 2.51. The zero-order valence-electron chi connectivity index (χ0n) is 19.4. The molecule has 2 aliphatic rings. The number of nitrogens with one attached hydrogen (secondary N) is 1. The zero-order valence-corrected chi connectivity index (χ0v) is 21.1. The van der Waals surface area contributed by atoms with Gasteiger partial charge in [0.25, 0.3) is 5.91 Å². The molecule has 2 aromatic rings. The Hall–Kier alpha value is -2.27. The first-order valence-corrected chi connectivity index (χ1v) is 14.8. The van der Waals surface area contributed by atoms with Crippen LogP contribution in [0.2, 0.25) is 0 Å². The number of nitrogens with zero attached hydrogens (tertiary/aromatic N) is 2. The maximum absolute atomic E-state index is 13.4. The summed E-state index contributed by atoms with van der Waals surface area (Å²) < 4.78 is 53.1. The molecule has 8 nitrogen and oxygen atoms in total. The van der Waals surface area contributed by atoms with E-state index >= 15 is 0 Å². The van der Waals surface area contributed by atoms with E-state index in [4.69, 9.17) is 0 Å². The van der Waals surface area contributed by atoms with Crippen LogP contribution in [0.5, 0.6) is 0 Å². The van der Waals surface area contributed by atoms with Crippen molar-refractivity contribution in [2.45, 2.75) is 50.1 Å². The van der Waals surface area contributed by atoms with Gasteiger partial charge in [-0.2, -0.15) is 4.31 Å². The van der Waals surface area contributed by atoms with Crippen LogP contribution in [0.15, 0.2) is 54.6 Å². The standard InChI is InChI=1S/C24H31N3O5S2/c1-18-8-13-23(20-6-4-3-5-7-20)34(31,32)27(18)16-19-9-11-21(12-10-19)24(28)25-22-14-15-26(17-22)33(2,29)30/h3-7,9-12,18,22-23H,8,13-17H2,1-2H3,(H,25,28)/t18-,22+,23?/m0/s1. The van der Waals surface area contributed by atoms with Crippen LogP contribution < -0.4 is 5.32 Å². The van der Waals surface area contributed by atoms with E-state index in [9.17, 15) is 21.6 Å². The number of benzene rings is 2. The van der Waals surface area contributed by atoms with E-state index in [-0.39, 0.29) is 31.1 Å². The molecule has 2 fully saturated rings. The number of carbonyl (C=O) groups excluding carboxylic acids is 1. The smallest absolute Gasteiger partial charge is 0.251 e. The van der Waals surface area contributed by atoms with Crippen molar-refractivity contribution in [3.05, 3.63) is 71.3 Å². The van der Waals surface area contributed by atoms with Crippen molar-refractivity contribution in [2.24, 2.45) is 0 Å². The first kappa shape index (κ1) is 24.8. The van der Waals surface area contributed by atoms with Crippen LogP contribution in [0.1, 0.15) is 52.9 Å². The minimum absolute atomic E-state index is 0.104. The molecule has 0 saturated carbocycles. The van der Waals surface area contributed by atoms with Gasteiger partial charge in [-0.25, -0.2) is 21.1 Å². The van der Waals surface area contributed by atoms with Gasteiger partial charge in [0.1, 0.15) is 5.25 Å². The van der Waals surface area contributed by atoms with Gasteiger partial charge in [0.05, 0.1) is 6.26 Å². The van der Waals surface area contributed by atoms with E-state index in [0.29, 0.717) is 24.9 Å². The molecule has 1 N–H and O–H groups in total. The fourth-order valence-electron chi connectivity index (χ4n) is 4.71. The van der Waals surface area contributed by atoms with E-state index < -0.39 is 25.3 Å². The molecule has 2 aromatic carbocycles. The minimum atomic E-state index is -3.52. The van der Waals surface area contributed by atoms with Gasteiger partial charge in [-0.05, 0) is 49.4 Å². The molecule has 0 bridgehead atoms. The van der Waals surface area contributed by atoms with Crippen molar-refractivity contribution in [1.82, 2.24) is 13.9 Å². The van der Waals surface area contributed by atoms with E-state index in [1.807, 2.05) is 37.3 Å². The summed E-state index contributed by atoms with van der Waals surface area (Å²) in [6, 6.07) is 15.9. The van der Waals surface area contributed by atoms with E-state index in [1.54, 1.807) is 28.6 Å². The summed E-state index contributed by atoms with van der Waals surface area (Å²) in [6.07, 6.45) is 3.12. The average Bonchev–Trinajstić information content (AvgIpc) is 3.26. The van der Waals surface area contributed by atoms with Crippen molar-refractivity contribution < 1.29 is 21.6 Å². The second-order valence-corrected chi connectivity index (χ2v) is 13.2. The van der Waals surface area contributed by atoms with E-state index in [1.165, 1.54) is 10.6 Å². The van der Waals surface area contributed by atoms with Crippen LogP contribution in [0.25, 0.3) is 0 Å². The molecule has 4 rings (SSSR count). The summed E-state index contributed by atoms with van der Waals surface area (Å²) in [6.45, 7) is 2.85. The van der Waals surface area contributed by atoms with Crippen molar-refractivity contribution in [3.63, 3.8) is 0 Å². The molecule has 0 aliphatic carbocycles. The van der Waals surface area contributed by atoms with E-state index in [2.05, 4.69) is 5.32 Å². The summed E-state index contributed by atoms with van der Waals surface area (Å²) in [4.78, 5) is 12.6. The highest BCUT2D eigenvalue weighted by atomic mass is 32.2. The Morgan fingerprint density at radius 2 is 1.71 bits per heavy atom. The molecule has 2 aliphatic heterocycles. The Bertz CT molecular complexity index is 1230. The normalized spacial score (nSPS) is 25.8. The molecule has 1 amide bonds. The first-order valence-electron chi connectivity index (χ1n) is 11.5. The zero-order chi connectivity index (χ0) is 24.5. The highest BCUT2D eigenvalue weighted by molar-refractivity contribution is 7.89. The number of carbonyl (C=O) groups is 1. The molecule has 3 atom stereocenters. The molecule has 184 valence electrons. The van der Waals surface area contributed by atoms with Gasteiger partial charge < -0.3 is 5.32 Å². The summed E-state index contributed by atoms with van der Waals surface area (Å²) in [5.41, 5.74) is 2.08. The van der Waals surface area contributed by atoms with Crippen molar-refractivity contribution in [1.29, 1.82) is 0 Å². The van der Waals surface area contributed by atoms with Crippen LogP contribution >= 0.6 is 0 Å². The third-order valence-corrected chi connectivity index (χ3v) is 10.3. The van der Waals surface area contributed by atoms with Crippen LogP contribution in [0, 0.1) is 0 Å². The maximum Gasteiger partial charge on any atom is 0.251 e. The summed E-state index contributed by atoms with van der Waals surface area (Å²) in [5, 5.41) is 2.34. The Labute approximate surface area is 202 Å². The lowest BCUT2D eigenvalue weighted by atomic mass is 10.0. The quantitative estimate of drug-likeness (QED) is 0.650. The highest BCUT2D eigenvalue weighted by Gasteiger charge is 2.40. The fraction of sp³-hybridized carbons (Fsp3) is 0.458. The lowest BCUT2D eigenvalue weighted by Crippen LogP contribution is -2.44. The lowest BCUT2D eigenvalue weighted by molar-refractivity contribution is 0.0939. The Kier molecular flexibility index (Phi) is 7.14. The van der Waals surface area contributed by atoms with Gasteiger partial charge in [-0.1, -0.05) is 42.5 Å². The lowest BCUT2D eigenvalue weighted by Gasteiger charge is -2.37. The highest BCUT2D eigenvalue weighted by Crippen LogP contribution is 2.38. The van der Waals surface area contributed by atoms with Crippen molar-refractivity contribution in [3.8, 4) is 0 Å². The van der Waals surface area contributed by atoms with Gasteiger partial charge in [0.2, 0.25) is 20.0 Å². The Morgan fingerprint density at radius 1 is 1.03 bits per heavy atom. The van der Waals surface area contributed by atoms with Crippen LogP contribution in [0.3, 0.4) is 0 Å². The van der Waals surface area contributed by atoms with Crippen molar-refractivity contribution in [2.75, 3.05) is 19.3 Å². The number of hydrogen-bond donors (Lipinski definition) is 1. The molecule has 0 radical (unpaired) electrons. The van der Waals surface area contributed by atoms with Gasteiger partial charge >= 0.3 is 0 Å². The molecular weight excluding hydrogens is 474 g/mol. The van der Waals surface area contributed by atoms with Crippen LogP contribution in [-0.4, -0.2) is 62.8 Å². The van der Waals surface area contributed by atoms with Crippen molar-refractivity contribution >= 4 is 26.0 Å². The number of rotatable bonds is 6. The molecule has 2 saturated heterocycles. The maximum atomic E-state index is 13.4. The SMILES string of the molecule is C[C@H]1CCC(c2ccccc2)S(=O)(=O)N1Cc1ccc(C(=O)N[C@@H]2CCN(S(C)(=O)=O)C2)cc1. The third-order valence-electron chi connectivity index (χ3n) is 6.71. The fourth-order valence-corrected chi connectivity index (χ4v) is 7.80. The summed E-state index contributed by atoms with van der Waals surface area (Å²) in [5.74, 6) is -0.269. The van der Waals surface area contributed by atoms with Gasteiger partial charge in [-0.15, -0.1) is 0 Å². The van der Waals surface area contributed by atoms with Crippen LogP contribution in [-0.2, 0) is 26.6 Å². The Balaban J connectivity index is 1.42. The Morgan fingerprint density at radius 3 is 2.32 bits per heavy atom. The number of amides is 1. The average molecular weight is 506 g/mol. The van der Waals surface area contributed by atoms with Gasteiger partial charge in [-0.3, -0.25) is 4.79 Å². The number of sulfonamides is 2. The van der Waals surface area contributed by atoms with Crippen LogP contribution in [0.4, 0.5) is 0 Å². The second kappa shape index (κ2) is 9.77. The van der Waals surface area contributed by atoms with Gasteiger partial charge in [0, 0.05) is 37.3 Å². The topological polar surface area (TPSA) is 104 Å². The minimum Gasteiger partial charge on any atom is -0.348 e. The second-order valence-electron chi connectivity index (χ2n) is 9.19. The molecule has 2 heterocycles.